The van der Waals surface area contributed by atoms with Crippen LogP contribution in [0.15, 0.2) is 0 Å². The van der Waals surface area contributed by atoms with Gasteiger partial charge in [0.1, 0.15) is 0 Å². The van der Waals surface area contributed by atoms with Gasteiger partial charge in [-0.25, -0.2) is 0 Å². The van der Waals surface area contributed by atoms with Gasteiger partial charge in [-0.3, -0.25) is 9.59 Å². The summed E-state index contributed by atoms with van der Waals surface area (Å²) in [5.41, 5.74) is 0. The molecule has 0 heterocycles. The maximum absolute atomic E-state index is 11.3. The quantitative estimate of drug-likeness (QED) is 0.199. The maximum atomic E-state index is 11.3. The minimum atomic E-state index is -1.08. The zero-order chi connectivity index (χ0) is 19.6. The number of esters is 1. The highest BCUT2D eigenvalue weighted by Gasteiger charge is 2.26. The molecule has 0 aliphatic carbocycles. The molecule has 0 aromatic carbocycles. The van der Waals surface area contributed by atoms with Crippen LogP contribution in [0.3, 0.4) is 0 Å². The Balaban J connectivity index is 3.43. The van der Waals surface area contributed by atoms with Crippen LogP contribution < -0.4 is 0 Å². The molecule has 0 amide bonds. The van der Waals surface area contributed by atoms with Gasteiger partial charge in [-0.2, -0.15) is 0 Å². The van der Waals surface area contributed by atoms with Crippen molar-refractivity contribution in [1.82, 2.24) is 0 Å². The molecular weight excluding hydrogens is 332 g/mol. The lowest BCUT2D eigenvalue weighted by molar-refractivity contribution is -0.157. The highest BCUT2D eigenvalue weighted by molar-refractivity contribution is 5.93. The Morgan fingerprint density at radius 2 is 1.23 bits per heavy atom. The monoisotopic (exact) mass is 372 g/mol. The predicted molar refractivity (Wildman–Crippen MR) is 104 cm³/mol. The van der Waals surface area contributed by atoms with Crippen molar-refractivity contribution < 1.29 is 24.2 Å². The summed E-state index contributed by atoms with van der Waals surface area (Å²) in [4.78, 5) is 22.3. The molecule has 0 rings (SSSR count). The Labute approximate surface area is 159 Å². The van der Waals surface area contributed by atoms with Crippen molar-refractivity contribution in [3.8, 4) is 0 Å². The zero-order valence-electron chi connectivity index (χ0n) is 17.1. The fraction of sp³-hybridized carbons (Fsp3) is 0.905. The Morgan fingerprint density at radius 3 is 1.62 bits per heavy atom. The van der Waals surface area contributed by atoms with Crippen molar-refractivity contribution >= 4 is 11.9 Å². The van der Waals surface area contributed by atoms with E-state index in [1.54, 1.807) is 0 Å². The average Bonchev–Trinajstić information content (AvgIpc) is 2.63. The van der Waals surface area contributed by atoms with Crippen LogP contribution in [0.1, 0.15) is 96.8 Å². The number of hydrogen-bond donors (Lipinski definition) is 1. The highest BCUT2D eigenvalue weighted by atomic mass is 16.5. The van der Waals surface area contributed by atoms with Crippen LogP contribution in [-0.4, -0.2) is 37.4 Å². The van der Waals surface area contributed by atoms with Gasteiger partial charge in [-0.05, 0) is 19.3 Å². The Bertz CT molecular complexity index is 356. The van der Waals surface area contributed by atoms with Gasteiger partial charge in [0, 0.05) is 7.11 Å². The molecule has 0 aliphatic heterocycles. The van der Waals surface area contributed by atoms with Gasteiger partial charge < -0.3 is 14.6 Å². The molecule has 2 atom stereocenters. The van der Waals surface area contributed by atoms with E-state index in [4.69, 9.17) is 9.84 Å². The van der Waals surface area contributed by atoms with E-state index in [0.29, 0.717) is 12.5 Å². The average molecular weight is 373 g/mol. The molecular formula is C21H40O5. The SMILES string of the molecule is CCCC(CCCCCCCCCCCCC(C(=O)O)C(=O)OC)OC. The number of unbranched alkanes of at least 4 members (excludes halogenated alkanes) is 9. The second kappa shape index (κ2) is 17.3. The number of carboxylic acid groups (broad SMARTS) is 1. The van der Waals surface area contributed by atoms with E-state index in [1.165, 1.54) is 71.3 Å². The second-order valence-corrected chi connectivity index (χ2v) is 7.17. The molecule has 5 heteroatoms. The van der Waals surface area contributed by atoms with Crippen molar-refractivity contribution in [1.29, 1.82) is 0 Å². The molecule has 0 bridgehead atoms. The fourth-order valence-electron chi connectivity index (χ4n) is 3.32. The van der Waals surface area contributed by atoms with Crippen LogP contribution in [0.2, 0.25) is 0 Å². The van der Waals surface area contributed by atoms with E-state index < -0.39 is 17.9 Å². The first-order valence-corrected chi connectivity index (χ1v) is 10.4. The second-order valence-electron chi connectivity index (χ2n) is 7.17. The van der Waals surface area contributed by atoms with E-state index >= 15 is 0 Å². The molecule has 0 spiro atoms. The van der Waals surface area contributed by atoms with Gasteiger partial charge >= 0.3 is 11.9 Å². The third kappa shape index (κ3) is 13.2. The van der Waals surface area contributed by atoms with Crippen LogP contribution in [0.5, 0.6) is 0 Å². The molecule has 154 valence electrons. The lowest BCUT2D eigenvalue weighted by Crippen LogP contribution is -2.24. The Hall–Kier alpha value is -1.10. The van der Waals surface area contributed by atoms with Crippen LogP contribution in [0, 0.1) is 5.92 Å². The first-order valence-electron chi connectivity index (χ1n) is 10.4. The molecule has 0 saturated carbocycles. The summed E-state index contributed by atoms with van der Waals surface area (Å²) < 4.78 is 10.0. The molecule has 0 aliphatic rings. The number of hydrogen-bond acceptors (Lipinski definition) is 4. The molecule has 0 saturated heterocycles. The molecule has 1 N–H and O–H groups in total. The smallest absolute Gasteiger partial charge is 0.320 e. The Kier molecular flexibility index (Phi) is 16.6. The highest BCUT2D eigenvalue weighted by Crippen LogP contribution is 2.16. The largest absolute Gasteiger partial charge is 0.481 e. The number of rotatable bonds is 18. The normalized spacial score (nSPS) is 13.3. The van der Waals surface area contributed by atoms with Crippen LogP contribution in [0.4, 0.5) is 0 Å². The van der Waals surface area contributed by atoms with Crippen molar-refractivity contribution in [2.45, 2.75) is 103 Å². The fourth-order valence-corrected chi connectivity index (χ4v) is 3.32. The summed E-state index contributed by atoms with van der Waals surface area (Å²) in [7, 11) is 3.05. The van der Waals surface area contributed by atoms with E-state index in [2.05, 4.69) is 11.7 Å². The van der Waals surface area contributed by atoms with E-state index in [9.17, 15) is 9.59 Å². The van der Waals surface area contributed by atoms with Crippen molar-refractivity contribution in [2.24, 2.45) is 5.92 Å². The molecule has 5 nitrogen and oxygen atoms in total. The minimum absolute atomic E-state index is 0.377. The van der Waals surface area contributed by atoms with Crippen LogP contribution in [0.25, 0.3) is 0 Å². The van der Waals surface area contributed by atoms with Gasteiger partial charge in [0.05, 0.1) is 13.2 Å². The molecule has 26 heavy (non-hydrogen) atoms. The number of carbonyl (C=O) groups excluding carboxylic acids is 1. The van der Waals surface area contributed by atoms with Crippen molar-refractivity contribution in [3.05, 3.63) is 0 Å². The summed E-state index contributed by atoms with van der Waals surface area (Å²) in [5.74, 6) is -2.72. The third-order valence-corrected chi connectivity index (χ3v) is 5.00. The van der Waals surface area contributed by atoms with Crippen molar-refractivity contribution in [2.75, 3.05) is 14.2 Å². The van der Waals surface area contributed by atoms with E-state index in [-0.39, 0.29) is 0 Å². The van der Waals surface area contributed by atoms with Gasteiger partial charge in [0.15, 0.2) is 5.92 Å². The molecule has 2 unspecified atom stereocenters. The zero-order valence-corrected chi connectivity index (χ0v) is 17.1. The number of carbonyl (C=O) groups is 2. The summed E-state index contributed by atoms with van der Waals surface area (Å²) in [6.45, 7) is 2.20. The standard InChI is InChI=1S/C21H40O5/c1-4-15-18(25-2)16-13-11-9-7-5-6-8-10-12-14-17-19(20(22)23)21(24)26-3/h18-19H,4-17H2,1-3H3,(H,22,23). The topological polar surface area (TPSA) is 72.8 Å². The number of methoxy groups -OCH3 is 2. The first kappa shape index (κ1) is 24.9. The van der Waals surface area contributed by atoms with Crippen molar-refractivity contribution in [3.63, 3.8) is 0 Å². The maximum Gasteiger partial charge on any atom is 0.320 e. The first-order chi connectivity index (χ1) is 12.6. The molecule has 0 aromatic heterocycles. The summed E-state index contributed by atoms with van der Waals surface area (Å²) in [6.07, 6.45) is 16.1. The van der Waals surface area contributed by atoms with Gasteiger partial charge in [-0.1, -0.05) is 77.6 Å². The van der Waals surface area contributed by atoms with E-state index in [0.717, 1.165) is 19.3 Å². The van der Waals surface area contributed by atoms with Crippen LogP contribution in [-0.2, 0) is 19.1 Å². The minimum Gasteiger partial charge on any atom is -0.481 e. The number of ether oxygens (including phenoxy) is 2. The summed E-state index contributed by atoms with van der Waals surface area (Å²) in [5, 5.41) is 9.00. The van der Waals surface area contributed by atoms with Gasteiger partial charge in [0.2, 0.25) is 0 Å². The van der Waals surface area contributed by atoms with Gasteiger partial charge in [-0.15, -0.1) is 0 Å². The molecule has 0 fully saturated rings. The molecule has 0 radical (unpaired) electrons. The Morgan fingerprint density at radius 1 is 0.769 bits per heavy atom. The van der Waals surface area contributed by atoms with Gasteiger partial charge in [0.25, 0.3) is 0 Å². The van der Waals surface area contributed by atoms with Crippen LogP contribution >= 0.6 is 0 Å². The lowest BCUT2D eigenvalue weighted by Gasteiger charge is -2.13. The van der Waals surface area contributed by atoms with E-state index in [1.807, 2.05) is 7.11 Å². The third-order valence-electron chi connectivity index (χ3n) is 5.00. The summed E-state index contributed by atoms with van der Waals surface area (Å²) >= 11 is 0. The molecule has 0 aromatic rings. The summed E-state index contributed by atoms with van der Waals surface area (Å²) in [6, 6.07) is 0. The number of aliphatic carboxylic acids is 1. The number of carboxylic acids is 1. The lowest BCUT2D eigenvalue weighted by atomic mass is 10.00. The predicted octanol–water partition coefficient (Wildman–Crippen LogP) is 5.36.